The first-order valence-corrected chi connectivity index (χ1v) is 7.05. The van der Waals surface area contributed by atoms with Crippen LogP contribution in [0.4, 0.5) is 0 Å². The van der Waals surface area contributed by atoms with E-state index in [4.69, 9.17) is 16.0 Å². The minimum atomic E-state index is 0.0470. The van der Waals surface area contributed by atoms with Crippen molar-refractivity contribution in [2.24, 2.45) is 0 Å². The zero-order valence-corrected chi connectivity index (χ0v) is 12.6. The second kappa shape index (κ2) is 5.03. The second-order valence-corrected chi connectivity index (χ2v) is 6.55. The molecule has 0 spiro atoms. The Hall–Kier alpha value is -0.840. The van der Waals surface area contributed by atoms with E-state index in [1.165, 1.54) is 6.39 Å². The molecule has 2 rings (SSSR count). The van der Waals surface area contributed by atoms with Gasteiger partial charge in [0.25, 0.3) is 0 Å². The highest BCUT2D eigenvalue weighted by atomic mass is 35.5. The van der Waals surface area contributed by atoms with Gasteiger partial charge < -0.3 is 9.73 Å². The number of oxazole rings is 1. The average molecular weight is 285 g/mol. The van der Waals surface area contributed by atoms with Gasteiger partial charge in [-0.25, -0.2) is 4.98 Å². The lowest BCUT2D eigenvalue weighted by atomic mass is 10.1. The largest absolute Gasteiger partial charge is 0.442 e. The number of aromatic nitrogens is 1. The zero-order valence-electron chi connectivity index (χ0n) is 11.0. The van der Waals surface area contributed by atoms with Crippen molar-refractivity contribution >= 4 is 22.9 Å². The number of hydrogen-bond acceptors (Lipinski definition) is 4. The third-order valence-corrected chi connectivity index (χ3v) is 4.23. The van der Waals surface area contributed by atoms with Crippen molar-refractivity contribution in [3.8, 4) is 10.6 Å². The molecule has 0 bridgehead atoms. The molecule has 2 aromatic heterocycles. The number of rotatable bonds is 3. The Morgan fingerprint density at radius 1 is 1.44 bits per heavy atom. The summed E-state index contributed by atoms with van der Waals surface area (Å²) >= 11 is 7.85. The van der Waals surface area contributed by atoms with Crippen molar-refractivity contribution in [1.29, 1.82) is 0 Å². The Morgan fingerprint density at radius 2 is 2.17 bits per heavy atom. The van der Waals surface area contributed by atoms with Gasteiger partial charge in [0.1, 0.15) is 5.69 Å². The molecule has 5 heteroatoms. The minimum Gasteiger partial charge on any atom is -0.442 e. The van der Waals surface area contributed by atoms with E-state index in [-0.39, 0.29) is 5.54 Å². The van der Waals surface area contributed by atoms with Crippen LogP contribution in [0.2, 0.25) is 5.02 Å². The number of halogens is 1. The monoisotopic (exact) mass is 284 g/mol. The van der Waals surface area contributed by atoms with E-state index in [1.54, 1.807) is 11.3 Å². The van der Waals surface area contributed by atoms with Crippen molar-refractivity contribution in [2.45, 2.75) is 39.8 Å². The van der Waals surface area contributed by atoms with E-state index in [1.807, 2.05) is 12.3 Å². The van der Waals surface area contributed by atoms with Crippen LogP contribution in [-0.4, -0.2) is 10.5 Å². The molecule has 0 saturated heterocycles. The molecule has 2 heterocycles. The fourth-order valence-corrected chi connectivity index (χ4v) is 2.80. The molecule has 0 aliphatic carbocycles. The standard InChI is InChI=1S/C13H17ClN2OS/c1-8-6-18-12(10(8)14)11-9(15-7-17-11)5-16-13(2,3)4/h6-7,16H,5H2,1-4H3. The lowest BCUT2D eigenvalue weighted by Crippen LogP contribution is -2.35. The predicted octanol–water partition coefficient (Wildman–Crippen LogP) is 4.25. The lowest BCUT2D eigenvalue weighted by Gasteiger charge is -2.19. The summed E-state index contributed by atoms with van der Waals surface area (Å²) in [5, 5.41) is 6.19. The van der Waals surface area contributed by atoms with Crippen molar-refractivity contribution < 1.29 is 4.42 Å². The van der Waals surface area contributed by atoms with E-state index in [9.17, 15) is 0 Å². The highest BCUT2D eigenvalue weighted by molar-refractivity contribution is 7.14. The number of nitrogens with zero attached hydrogens (tertiary/aromatic N) is 1. The molecule has 0 radical (unpaired) electrons. The molecule has 0 fully saturated rings. The summed E-state index contributed by atoms with van der Waals surface area (Å²) in [6.45, 7) is 9.02. The molecule has 0 amide bonds. The van der Waals surface area contributed by atoms with Crippen molar-refractivity contribution in [2.75, 3.05) is 0 Å². The van der Waals surface area contributed by atoms with Crippen LogP contribution in [-0.2, 0) is 6.54 Å². The molecule has 0 aliphatic heterocycles. The summed E-state index contributed by atoms with van der Waals surface area (Å²) in [6.07, 6.45) is 1.47. The van der Waals surface area contributed by atoms with Gasteiger partial charge >= 0.3 is 0 Å². The van der Waals surface area contributed by atoms with Crippen molar-refractivity contribution in [3.63, 3.8) is 0 Å². The van der Waals surface area contributed by atoms with Crippen LogP contribution in [0, 0.1) is 6.92 Å². The molecule has 0 aromatic carbocycles. The number of nitrogens with one attached hydrogen (secondary N) is 1. The average Bonchev–Trinajstić information content (AvgIpc) is 2.84. The first-order chi connectivity index (χ1) is 8.38. The van der Waals surface area contributed by atoms with Crippen LogP contribution < -0.4 is 5.32 Å². The van der Waals surface area contributed by atoms with Gasteiger partial charge in [0.05, 0.1) is 9.90 Å². The molecule has 98 valence electrons. The van der Waals surface area contributed by atoms with Crippen LogP contribution >= 0.6 is 22.9 Å². The van der Waals surface area contributed by atoms with Gasteiger partial charge in [0, 0.05) is 12.1 Å². The van der Waals surface area contributed by atoms with Gasteiger partial charge in [-0.3, -0.25) is 0 Å². The van der Waals surface area contributed by atoms with Crippen molar-refractivity contribution in [3.05, 3.63) is 28.1 Å². The van der Waals surface area contributed by atoms with Gasteiger partial charge in [0.2, 0.25) is 0 Å². The van der Waals surface area contributed by atoms with Gasteiger partial charge in [0.15, 0.2) is 12.2 Å². The summed E-state index contributed by atoms with van der Waals surface area (Å²) in [4.78, 5) is 5.22. The number of aryl methyl sites for hydroxylation is 1. The normalized spacial score (nSPS) is 12.1. The minimum absolute atomic E-state index is 0.0470. The Labute approximate surface area is 116 Å². The molecular weight excluding hydrogens is 268 g/mol. The summed E-state index contributed by atoms with van der Waals surface area (Å²) in [7, 11) is 0. The third kappa shape index (κ3) is 2.94. The van der Waals surface area contributed by atoms with E-state index in [0.717, 1.165) is 26.9 Å². The van der Waals surface area contributed by atoms with E-state index in [0.29, 0.717) is 6.54 Å². The molecule has 1 N–H and O–H groups in total. The Balaban J connectivity index is 2.25. The van der Waals surface area contributed by atoms with Gasteiger partial charge in [-0.05, 0) is 38.6 Å². The summed E-state index contributed by atoms with van der Waals surface area (Å²) < 4.78 is 5.48. The lowest BCUT2D eigenvalue weighted by molar-refractivity contribution is 0.421. The SMILES string of the molecule is Cc1csc(-c2ocnc2CNC(C)(C)C)c1Cl. The van der Waals surface area contributed by atoms with Crippen LogP contribution in [0.25, 0.3) is 10.6 Å². The molecular formula is C13H17ClN2OS. The third-order valence-electron chi connectivity index (χ3n) is 2.53. The zero-order chi connectivity index (χ0) is 13.3. The van der Waals surface area contributed by atoms with Gasteiger partial charge in [-0.15, -0.1) is 11.3 Å². The van der Waals surface area contributed by atoms with Crippen LogP contribution in [0.1, 0.15) is 32.0 Å². The Morgan fingerprint density at radius 3 is 2.72 bits per heavy atom. The van der Waals surface area contributed by atoms with E-state index < -0.39 is 0 Å². The smallest absolute Gasteiger partial charge is 0.181 e. The van der Waals surface area contributed by atoms with Gasteiger partial charge in [-0.1, -0.05) is 11.6 Å². The number of thiophene rings is 1. The molecule has 0 aliphatic rings. The van der Waals surface area contributed by atoms with Gasteiger partial charge in [-0.2, -0.15) is 0 Å². The molecule has 18 heavy (non-hydrogen) atoms. The summed E-state index contributed by atoms with van der Waals surface area (Å²) in [5.41, 5.74) is 2.02. The molecule has 0 saturated carbocycles. The fourth-order valence-electron chi connectivity index (χ4n) is 1.51. The predicted molar refractivity (Wildman–Crippen MR) is 76.2 cm³/mol. The van der Waals surface area contributed by atoms with Crippen LogP contribution in [0.3, 0.4) is 0 Å². The fraction of sp³-hybridized carbons (Fsp3) is 0.462. The maximum Gasteiger partial charge on any atom is 0.181 e. The molecule has 0 unspecified atom stereocenters. The molecule has 3 nitrogen and oxygen atoms in total. The second-order valence-electron chi connectivity index (χ2n) is 5.29. The maximum atomic E-state index is 6.26. The highest BCUT2D eigenvalue weighted by Crippen LogP contribution is 2.37. The maximum absolute atomic E-state index is 6.26. The van der Waals surface area contributed by atoms with Crippen LogP contribution in [0.5, 0.6) is 0 Å². The topological polar surface area (TPSA) is 38.1 Å². The van der Waals surface area contributed by atoms with E-state index >= 15 is 0 Å². The Kier molecular flexibility index (Phi) is 3.80. The summed E-state index contributed by atoms with van der Waals surface area (Å²) in [5.74, 6) is 0.773. The first kappa shape index (κ1) is 13.6. The van der Waals surface area contributed by atoms with Crippen LogP contribution in [0.15, 0.2) is 16.2 Å². The Bertz CT molecular complexity index is 539. The highest BCUT2D eigenvalue weighted by Gasteiger charge is 2.18. The molecule has 0 atom stereocenters. The first-order valence-electron chi connectivity index (χ1n) is 5.80. The quantitative estimate of drug-likeness (QED) is 0.915. The number of hydrogen-bond donors (Lipinski definition) is 1. The molecule has 2 aromatic rings. The van der Waals surface area contributed by atoms with Crippen molar-refractivity contribution in [1.82, 2.24) is 10.3 Å². The summed E-state index contributed by atoms with van der Waals surface area (Å²) in [6, 6.07) is 0. The van der Waals surface area contributed by atoms with E-state index in [2.05, 4.69) is 31.1 Å².